The Kier molecular flexibility index (Phi) is 6.37. The maximum Gasteiger partial charge on any atom is 0.326 e. The van der Waals surface area contributed by atoms with Crippen LogP contribution in [0.4, 0.5) is 20.4 Å². The Morgan fingerprint density at radius 2 is 1.89 bits per heavy atom. The van der Waals surface area contributed by atoms with Crippen molar-refractivity contribution in [3.8, 4) is 0 Å². The Morgan fingerprint density at radius 3 is 2.51 bits per heavy atom. The number of carbonyl (C=O) groups is 4. The number of nitrogen functional groups attached to an aromatic ring is 1. The van der Waals surface area contributed by atoms with Gasteiger partial charge in [0.25, 0.3) is 17.4 Å². The Morgan fingerprint density at radius 1 is 1.22 bits per heavy atom. The quantitative estimate of drug-likeness (QED) is 0.394. The topological polar surface area (TPSA) is 193 Å². The Hall–Kier alpha value is -4.82. The van der Waals surface area contributed by atoms with Crippen LogP contribution in [0.5, 0.6) is 0 Å². The number of carboxylic acid groups (broad SMARTS) is 1. The lowest BCUT2D eigenvalue weighted by Gasteiger charge is -2.26. The number of alkyl halides is 2. The summed E-state index contributed by atoms with van der Waals surface area (Å²) in [5.41, 5.74) is 4.30. The molecule has 13 nitrogen and oxygen atoms in total. The minimum Gasteiger partial charge on any atom is -0.480 e. The maximum atomic E-state index is 14.0. The number of imide groups is 1. The summed E-state index contributed by atoms with van der Waals surface area (Å²) < 4.78 is 28.1. The van der Waals surface area contributed by atoms with Crippen LogP contribution in [0.1, 0.15) is 35.8 Å². The van der Waals surface area contributed by atoms with Crippen LogP contribution < -0.4 is 16.2 Å². The van der Waals surface area contributed by atoms with E-state index >= 15 is 0 Å². The fourth-order valence-electron chi connectivity index (χ4n) is 3.82. The highest BCUT2D eigenvalue weighted by molar-refractivity contribution is 6.09. The summed E-state index contributed by atoms with van der Waals surface area (Å²) in [6.07, 6.45) is 1.02. The third-order valence-electron chi connectivity index (χ3n) is 5.57. The number of anilines is 2. The lowest BCUT2D eigenvalue weighted by molar-refractivity contribution is -0.144. The fraction of sp³-hybridized carbons (Fsp3) is 0.273. The molecule has 1 aromatic carbocycles. The number of halogens is 2. The molecular formula is C22H19F2N7O6. The molecule has 1 aliphatic rings. The van der Waals surface area contributed by atoms with E-state index in [1.54, 1.807) is 0 Å². The molecule has 1 fully saturated rings. The van der Waals surface area contributed by atoms with Crippen LogP contribution in [-0.2, 0) is 20.9 Å². The van der Waals surface area contributed by atoms with Crippen LogP contribution in [0, 0.1) is 0 Å². The predicted molar refractivity (Wildman–Crippen MR) is 122 cm³/mol. The Balaban J connectivity index is 1.66. The molecule has 0 aliphatic carbocycles. The van der Waals surface area contributed by atoms with Crippen molar-refractivity contribution in [3.05, 3.63) is 52.1 Å². The molecule has 192 valence electrons. The number of carboxylic acids is 1. The van der Waals surface area contributed by atoms with Gasteiger partial charge in [0, 0.05) is 24.6 Å². The average molecular weight is 515 g/mol. The van der Waals surface area contributed by atoms with E-state index in [1.165, 1.54) is 24.3 Å². The van der Waals surface area contributed by atoms with Gasteiger partial charge in [0.15, 0.2) is 11.2 Å². The van der Waals surface area contributed by atoms with Gasteiger partial charge in [0.1, 0.15) is 6.04 Å². The van der Waals surface area contributed by atoms with Crippen LogP contribution in [-0.4, -0.2) is 65.6 Å². The molecule has 0 saturated carbocycles. The zero-order chi connectivity index (χ0) is 27.1. The largest absolute Gasteiger partial charge is 0.480 e. The van der Waals surface area contributed by atoms with E-state index in [-0.39, 0.29) is 46.9 Å². The summed E-state index contributed by atoms with van der Waals surface area (Å²) in [5.74, 6) is -8.42. The van der Waals surface area contributed by atoms with Gasteiger partial charge >= 0.3 is 11.9 Å². The molecule has 4 N–H and O–H groups in total. The van der Waals surface area contributed by atoms with Crippen molar-refractivity contribution in [2.24, 2.45) is 0 Å². The Bertz CT molecular complexity index is 1490. The molecule has 0 unspecified atom stereocenters. The number of benzene rings is 1. The van der Waals surface area contributed by atoms with E-state index in [9.17, 15) is 37.9 Å². The first kappa shape index (κ1) is 25.3. The van der Waals surface area contributed by atoms with Crippen molar-refractivity contribution in [3.63, 3.8) is 0 Å². The molecule has 1 saturated heterocycles. The number of hydrogen-bond acceptors (Lipinski definition) is 9. The molecule has 3 heterocycles. The molecular weight excluding hydrogens is 496 g/mol. The molecule has 1 aliphatic heterocycles. The van der Waals surface area contributed by atoms with E-state index in [0.29, 0.717) is 16.7 Å². The van der Waals surface area contributed by atoms with Gasteiger partial charge in [-0.05, 0) is 30.7 Å². The lowest BCUT2D eigenvalue weighted by atomic mass is 10.1. The second-order valence-electron chi connectivity index (χ2n) is 8.27. The van der Waals surface area contributed by atoms with Crippen molar-refractivity contribution in [1.82, 2.24) is 24.8 Å². The number of hydrogen-bond donors (Lipinski definition) is 3. The van der Waals surface area contributed by atoms with Crippen LogP contribution in [0.3, 0.4) is 0 Å². The third-order valence-corrected chi connectivity index (χ3v) is 5.57. The number of likely N-dealkylation sites (tertiary alicyclic amines) is 1. The molecule has 15 heteroatoms. The number of aliphatic carboxylic acids is 1. The molecule has 37 heavy (non-hydrogen) atoms. The summed E-state index contributed by atoms with van der Waals surface area (Å²) in [7, 11) is 0. The minimum absolute atomic E-state index is 0.0192. The van der Waals surface area contributed by atoms with Crippen molar-refractivity contribution < 1.29 is 33.1 Å². The molecule has 1 atom stereocenters. The first-order valence-corrected chi connectivity index (χ1v) is 10.8. The van der Waals surface area contributed by atoms with Crippen LogP contribution in [0.2, 0.25) is 0 Å². The summed E-state index contributed by atoms with van der Waals surface area (Å²) in [5, 5.41) is 9.28. The zero-order valence-corrected chi connectivity index (χ0v) is 19.1. The number of nitrogens with zero attached hydrogens (tertiary/aromatic N) is 5. The van der Waals surface area contributed by atoms with E-state index in [4.69, 9.17) is 5.73 Å². The third kappa shape index (κ3) is 4.96. The van der Waals surface area contributed by atoms with E-state index < -0.39 is 47.8 Å². The number of carbonyl (C=O) groups excluding carboxylic acids is 3. The maximum absolute atomic E-state index is 14.0. The van der Waals surface area contributed by atoms with Crippen molar-refractivity contribution in [2.45, 2.75) is 38.3 Å². The smallest absolute Gasteiger partial charge is 0.326 e. The average Bonchev–Trinajstić information content (AvgIpc) is 3.23. The summed E-state index contributed by atoms with van der Waals surface area (Å²) in [4.78, 5) is 76.4. The van der Waals surface area contributed by atoms with Gasteiger partial charge in [0.05, 0.1) is 18.4 Å². The molecule has 2 aromatic heterocycles. The number of aromatic nitrogens is 4. The molecule has 4 rings (SSSR count). The highest BCUT2D eigenvalue weighted by atomic mass is 19.3. The van der Waals surface area contributed by atoms with Gasteiger partial charge < -0.3 is 15.7 Å². The second-order valence-corrected chi connectivity index (χ2v) is 8.27. The minimum atomic E-state index is -3.79. The van der Waals surface area contributed by atoms with Crippen molar-refractivity contribution in [1.29, 1.82) is 0 Å². The number of aromatic amines is 1. The standard InChI is InChI=1S/C22H19F2N7O6/c1-22(23,24)20(37)30(9-11-8-26-16-15(27-11)17(33)29-21(25)28-16)12-4-2-10(3-5-12)18(34)31-13(19(35)36)6-7-14(31)32/h2-5,8,13H,6-7,9H2,1H3,(H,35,36)(H3,25,26,28,29,33)/t13-/m0/s1. The number of fused-ring (bicyclic) bond motifs is 1. The van der Waals surface area contributed by atoms with Crippen molar-refractivity contribution in [2.75, 3.05) is 10.6 Å². The van der Waals surface area contributed by atoms with E-state index in [2.05, 4.69) is 19.9 Å². The van der Waals surface area contributed by atoms with E-state index in [1.807, 2.05) is 0 Å². The number of nitrogens with two attached hydrogens (primary N) is 1. The molecule has 0 spiro atoms. The predicted octanol–water partition coefficient (Wildman–Crippen LogP) is 0.699. The molecule has 0 radical (unpaired) electrons. The highest BCUT2D eigenvalue weighted by Gasteiger charge is 2.41. The molecule has 3 aromatic rings. The second kappa shape index (κ2) is 9.33. The SMILES string of the molecule is CC(F)(F)C(=O)N(Cc1cnc2nc(N)[nH]c(=O)c2n1)c1ccc(C(=O)N2C(=O)CC[C@H]2C(=O)O)cc1. The first-order chi connectivity index (χ1) is 17.4. The summed E-state index contributed by atoms with van der Waals surface area (Å²) in [6, 6.07) is 3.43. The number of amides is 3. The van der Waals surface area contributed by atoms with E-state index in [0.717, 1.165) is 6.20 Å². The van der Waals surface area contributed by atoms with Crippen LogP contribution in [0.25, 0.3) is 11.2 Å². The highest BCUT2D eigenvalue weighted by Crippen LogP contribution is 2.26. The van der Waals surface area contributed by atoms with Gasteiger partial charge in [-0.3, -0.25) is 29.1 Å². The number of nitrogens with one attached hydrogen (secondary N) is 1. The summed E-state index contributed by atoms with van der Waals surface area (Å²) >= 11 is 0. The fourth-order valence-corrected chi connectivity index (χ4v) is 3.82. The monoisotopic (exact) mass is 515 g/mol. The van der Waals surface area contributed by atoms with Gasteiger partial charge in [0.2, 0.25) is 11.9 Å². The molecule has 0 bridgehead atoms. The van der Waals surface area contributed by atoms with Gasteiger partial charge in [-0.25, -0.2) is 14.8 Å². The van der Waals surface area contributed by atoms with Crippen molar-refractivity contribution >= 4 is 46.5 Å². The summed E-state index contributed by atoms with van der Waals surface area (Å²) in [6.45, 7) is -0.108. The van der Waals surface area contributed by atoms with Gasteiger partial charge in [-0.15, -0.1) is 0 Å². The lowest BCUT2D eigenvalue weighted by Crippen LogP contribution is -2.43. The number of rotatable bonds is 6. The first-order valence-electron chi connectivity index (χ1n) is 10.8. The number of H-pyrrole nitrogens is 1. The van der Waals surface area contributed by atoms with Crippen LogP contribution >= 0.6 is 0 Å². The normalized spacial score (nSPS) is 15.7. The van der Waals surface area contributed by atoms with Gasteiger partial charge in [-0.1, -0.05) is 0 Å². The zero-order valence-electron chi connectivity index (χ0n) is 19.1. The Labute approximate surface area is 205 Å². The molecule has 3 amide bonds. The van der Waals surface area contributed by atoms with Crippen LogP contribution in [0.15, 0.2) is 35.3 Å². The van der Waals surface area contributed by atoms with Gasteiger partial charge in [-0.2, -0.15) is 13.8 Å².